The zero-order chi connectivity index (χ0) is 20.2. The van der Waals surface area contributed by atoms with Gasteiger partial charge in [0.2, 0.25) is 0 Å². The molecule has 7 heteroatoms. The normalized spacial score (nSPS) is 12.4. The standard InChI is InChI=1S/C22H22N4O3/c1-28-19-8-7-15(11-20(19)29-2)12-24-21-14-23-17(13-25-21)22(27)26-10-9-16-5-3-4-6-18(16)26/h3-8,11,13-14H,9-10,12H2,1-2H3,(H,24,25). The van der Waals surface area contributed by atoms with Gasteiger partial charge in [-0.2, -0.15) is 0 Å². The maximum Gasteiger partial charge on any atom is 0.278 e. The summed E-state index contributed by atoms with van der Waals surface area (Å²) < 4.78 is 10.6. The number of hydrogen-bond donors (Lipinski definition) is 1. The zero-order valence-corrected chi connectivity index (χ0v) is 16.4. The lowest BCUT2D eigenvalue weighted by Gasteiger charge is -2.16. The van der Waals surface area contributed by atoms with Crippen LogP contribution >= 0.6 is 0 Å². The van der Waals surface area contributed by atoms with E-state index >= 15 is 0 Å². The molecule has 2 heterocycles. The molecular weight excluding hydrogens is 368 g/mol. The molecule has 0 spiro atoms. The van der Waals surface area contributed by atoms with Crippen molar-refractivity contribution in [1.82, 2.24) is 9.97 Å². The quantitative estimate of drug-likeness (QED) is 0.696. The van der Waals surface area contributed by atoms with Gasteiger partial charge in [0.25, 0.3) is 5.91 Å². The van der Waals surface area contributed by atoms with Gasteiger partial charge in [-0.15, -0.1) is 0 Å². The van der Waals surface area contributed by atoms with Gasteiger partial charge in [0, 0.05) is 18.8 Å². The number of hydrogen-bond acceptors (Lipinski definition) is 6. The highest BCUT2D eigenvalue weighted by atomic mass is 16.5. The molecule has 0 fully saturated rings. The number of carbonyl (C=O) groups is 1. The van der Waals surface area contributed by atoms with E-state index in [-0.39, 0.29) is 5.91 Å². The molecule has 1 aliphatic heterocycles. The minimum atomic E-state index is -0.131. The van der Waals surface area contributed by atoms with Crippen molar-refractivity contribution in [3.8, 4) is 11.5 Å². The fourth-order valence-corrected chi connectivity index (χ4v) is 3.40. The summed E-state index contributed by atoms with van der Waals surface area (Å²) >= 11 is 0. The number of nitrogens with one attached hydrogen (secondary N) is 1. The Bertz CT molecular complexity index is 1020. The molecular formula is C22H22N4O3. The molecule has 0 saturated carbocycles. The van der Waals surface area contributed by atoms with E-state index in [1.807, 2.05) is 36.4 Å². The van der Waals surface area contributed by atoms with Gasteiger partial charge in [0.05, 0.1) is 26.6 Å². The van der Waals surface area contributed by atoms with Crippen molar-refractivity contribution >= 4 is 17.4 Å². The molecule has 1 aromatic heterocycles. The summed E-state index contributed by atoms with van der Waals surface area (Å²) in [5.41, 5.74) is 3.48. The van der Waals surface area contributed by atoms with E-state index in [4.69, 9.17) is 9.47 Å². The first-order chi connectivity index (χ1) is 14.2. The smallest absolute Gasteiger partial charge is 0.278 e. The molecule has 0 unspecified atom stereocenters. The first-order valence-corrected chi connectivity index (χ1v) is 9.36. The Kier molecular flexibility index (Phi) is 5.29. The van der Waals surface area contributed by atoms with Crippen LogP contribution in [-0.2, 0) is 13.0 Å². The van der Waals surface area contributed by atoms with Crippen molar-refractivity contribution in [3.63, 3.8) is 0 Å². The van der Waals surface area contributed by atoms with Gasteiger partial charge in [-0.1, -0.05) is 24.3 Å². The molecule has 29 heavy (non-hydrogen) atoms. The number of carbonyl (C=O) groups excluding carboxylic acids is 1. The molecule has 148 valence electrons. The Morgan fingerprint density at radius 3 is 2.66 bits per heavy atom. The molecule has 0 radical (unpaired) electrons. The van der Waals surface area contributed by atoms with E-state index in [2.05, 4.69) is 21.4 Å². The highest BCUT2D eigenvalue weighted by Crippen LogP contribution is 2.29. The van der Waals surface area contributed by atoms with Crippen LogP contribution in [-0.4, -0.2) is 36.6 Å². The van der Waals surface area contributed by atoms with Gasteiger partial charge in [0.15, 0.2) is 11.5 Å². The van der Waals surface area contributed by atoms with Crippen molar-refractivity contribution in [3.05, 3.63) is 71.7 Å². The summed E-state index contributed by atoms with van der Waals surface area (Å²) in [6.45, 7) is 1.21. The number of methoxy groups -OCH3 is 2. The summed E-state index contributed by atoms with van der Waals surface area (Å²) in [5, 5.41) is 3.21. The fraction of sp³-hybridized carbons (Fsp3) is 0.227. The van der Waals surface area contributed by atoms with Gasteiger partial charge in [-0.25, -0.2) is 9.97 Å². The van der Waals surface area contributed by atoms with Crippen LogP contribution in [0.4, 0.5) is 11.5 Å². The zero-order valence-electron chi connectivity index (χ0n) is 16.4. The largest absolute Gasteiger partial charge is 0.493 e. The fourth-order valence-electron chi connectivity index (χ4n) is 3.40. The van der Waals surface area contributed by atoms with E-state index < -0.39 is 0 Å². The molecule has 0 aliphatic carbocycles. The molecule has 4 rings (SSSR count). The maximum atomic E-state index is 12.8. The highest BCUT2D eigenvalue weighted by Gasteiger charge is 2.26. The monoisotopic (exact) mass is 390 g/mol. The third-order valence-corrected chi connectivity index (χ3v) is 4.92. The average molecular weight is 390 g/mol. The molecule has 7 nitrogen and oxygen atoms in total. The Labute approximate surface area is 169 Å². The number of para-hydroxylation sites is 1. The molecule has 1 N–H and O–H groups in total. The summed E-state index contributed by atoms with van der Waals surface area (Å²) in [6.07, 6.45) is 3.95. The van der Waals surface area contributed by atoms with E-state index in [1.54, 1.807) is 25.3 Å². The average Bonchev–Trinajstić information content (AvgIpc) is 3.21. The Morgan fingerprint density at radius 1 is 1.07 bits per heavy atom. The van der Waals surface area contributed by atoms with Crippen molar-refractivity contribution in [2.24, 2.45) is 0 Å². The third kappa shape index (κ3) is 3.85. The second kappa shape index (κ2) is 8.18. The number of ether oxygens (including phenoxy) is 2. The Balaban J connectivity index is 1.42. The topological polar surface area (TPSA) is 76.6 Å². The molecule has 0 bridgehead atoms. The lowest BCUT2D eigenvalue weighted by molar-refractivity contribution is 0.0984. The molecule has 0 atom stereocenters. The number of amides is 1. The number of fused-ring (bicyclic) bond motifs is 1. The van der Waals surface area contributed by atoms with Crippen LogP contribution in [0.15, 0.2) is 54.9 Å². The van der Waals surface area contributed by atoms with E-state index in [0.717, 1.165) is 17.7 Å². The predicted octanol–water partition coefficient (Wildman–Crippen LogP) is 3.31. The van der Waals surface area contributed by atoms with Crippen molar-refractivity contribution in [2.75, 3.05) is 31.0 Å². The van der Waals surface area contributed by atoms with Gasteiger partial charge in [0.1, 0.15) is 11.5 Å². The molecule has 1 aliphatic rings. The minimum absolute atomic E-state index is 0.131. The summed E-state index contributed by atoms with van der Waals surface area (Å²) in [5.74, 6) is 1.82. The highest BCUT2D eigenvalue weighted by molar-refractivity contribution is 6.05. The van der Waals surface area contributed by atoms with Crippen molar-refractivity contribution in [1.29, 1.82) is 0 Å². The van der Waals surface area contributed by atoms with E-state index in [1.165, 1.54) is 11.8 Å². The molecule has 0 saturated heterocycles. The second-order valence-electron chi connectivity index (χ2n) is 6.67. The number of anilines is 2. The Hall–Kier alpha value is -3.61. The third-order valence-electron chi connectivity index (χ3n) is 4.92. The number of rotatable bonds is 6. The lowest BCUT2D eigenvalue weighted by Crippen LogP contribution is -2.29. The lowest BCUT2D eigenvalue weighted by atomic mass is 10.2. The van der Waals surface area contributed by atoms with Gasteiger partial charge < -0.3 is 19.7 Å². The predicted molar refractivity (Wildman–Crippen MR) is 111 cm³/mol. The van der Waals surface area contributed by atoms with Crippen LogP contribution < -0.4 is 19.7 Å². The van der Waals surface area contributed by atoms with Crippen molar-refractivity contribution < 1.29 is 14.3 Å². The van der Waals surface area contributed by atoms with Crippen LogP contribution in [0.3, 0.4) is 0 Å². The first-order valence-electron chi connectivity index (χ1n) is 9.36. The van der Waals surface area contributed by atoms with Gasteiger partial charge in [-0.05, 0) is 35.7 Å². The van der Waals surface area contributed by atoms with Crippen LogP contribution in [0.5, 0.6) is 11.5 Å². The van der Waals surface area contributed by atoms with Crippen LogP contribution in [0.25, 0.3) is 0 Å². The minimum Gasteiger partial charge on any atom is -0.493 e. The maximum absolute atomic E-state index is 12.8. The SMILES string of the molecule is COc1ccc(CNc2cnc(C(=O)N3CCc4ccccc43)cn2)cc1OC. The number of nitrogens with zero attached hydrogens (tertiary/aromatic N) is 3. The molecule has 1 amide bonds. The van der Waals surface area contributed by atoms with E-state index in [9.17, 15) is 4.79 Å². The van der Waals surface area contributed by atoms with Gasteiger partial charge >= 0.3 is 0 Å². The van der Waals surface area contributed by atoms with Gasteiger partial charge in [-0.3, -0.25) is 4.79 Å². The number of aromatic nitrogens is 2. The number of benzene rings is 2. The van der Waals surface area contributed by atoms with Crippen LogP contribution in [0, 0.1) is 0 Å². The van der Waals surface area contributed by atoms with E-state index in [0.29, 0.717) is 36.1 Å². The summed E-state index contributed by atoms with van der Waals surface area (Å²) in [7, 11) is 3.21. The van der Waals surface area contributed by atoms with Crippen LogP contribution in [0.2, 0.25) is 0 Å². The van der Waals surface area contributed by atoms with Crippen molar-refractivity contribution in [2.45, 2.75) is 13.0 Å². The summed E-state index contributed by atoms with van der Waals surface area (Å²) in [6, 6.07) is 13.7. The first kappa shape index (κ1) is 18.7. The van der Waals surface area contributed by atoms with Crippen LogP contribution in [0.1, 0.15) is 21.6 Å². The second-order valence-corrected chi connectivity index (χ2v) is 6.67. The molecule has 3 aromatic rings. The summed E-state index contributed by atoms with van der Waals surface area (Å²) in [4.78, 5) is 23.2. The molecule has 2 aromatic carbocycles. The Morgan fingerprint density at radius 2 is 1.90 bits per heavy atom.